The fourth-order valence-corrected chi connectivity index (χ4v) is 1.79. The molecule has 0 saturated carbocycles. The Morgan fingerprint density at radius 3 is 2.62 bits per heavy atom. The first-order valence-electron chi connectivity index (χ1n) is 5.31. The molecule has 2 N–H and O–H groups in total. The summed E-state index contributed by atoms with van der Waals surface area (Å²) in [6, 6.07) is 5.44. The van der Waals surface area contributed by atoms with Crippen LogP contribution in [0.3, 0.4) is 0 Å². The normalized spacial score (nSPS) is 17.1. The maximum Gasteiger partial charge on any atom is 0.153 e. The van der Waals surface area contributed by atoms with E-state index < -0.39 is 0 Å². The van der Waals surface area contributed by atoms with Gasteiger partial charge in [0.1, 0.15) is 11.8 Å². The van der Waals surface area contributed by atoms with Gasteiger partial charge >= 0.3 is 0 Å². The number of piperazine rings is 1. The van der Waals surface area contributed by atoms with Gasteiger partial charge in [0.15, 0.2) is 5.82 Å². The molecule has 1 saturated heterocycles. The minimum atomic E-state index is 0.420. The number of nitrogens with two attached hydrogens (primary N) is 1. The highest BCUT2D eigenvalue weighted by atomic mass is 15.3. The molecule has 1 fully saturated rings. The van der Waals surface area contributed by atoms with Crippen molar-refractivity contribution in [3.63, 3.8) is 0 Å². The highest BCUT2D eigenvalue weighted by Gasteiger charge is 2.17. The Morgan fingerprint density at radius 2 is 2.00 bits per heavy atom. The summed E-state index contributed by atoms with van der Waals surface area (Å²) in [5, 5.41) is 8.81. The number of hydrogen-bond donors (Lipinski definition) is 1. The summed E-state index contributed by atoms with van der Waals surface area (Å²) in [6.45, 7) is 3.81. The van der Waals surface area contributed by atoms with E-state index in [9.17, 15) is 0 Å². The topological polar surface area (TPSA) is 69.2 Å². The first kappa shape index (κ1) is 10.7. The summed E-state index contributed by atoms with van der Waals surface area (Å²) in [6.07, 6.45) is 0. The van der Waals surface area contributed by atoms with Gasteiger partial charge in [-0.3, -0.25) is 0 Å². The van der Waals surface area contributed by atoms with Crippen molar-refractivity contribution in [2.75, 3.05) is 43.9 Å². The highest BCUT2D eigenvalue weighted by molar-refractivity contribution is 5.63. The van der Waals surface area contributed by atoms with Crippen molar-refractivity contribution in [3.8, 4) is 6.07 Å². The number of nitrogens with zero attached hydrogens (tertiary/aromatic N) is 4. The fraction of sp³-hybridized carbons (Fsp3) is 0.455. The number of hydrogen-bond acceptors (Lipinski definition) is 5. The molecule has 16 heavy (non-hydrogen) atoms. The maximum absolute atomic E-state index is 8.81. The summed E-state index contributed by atoms with van der Waals surface area (Å²) in [5.41, 5.74) is 6.94. The average Bonchev–Trinajstić information content (AvgIpc) is 2.31. The molecule has 1 aromatic heterocycles. The molecule has 0 spiro atoms. The van der Waals surface area contributed by atoms with E-state index in [4.69, 9.17) is 11.0 Å². The van der Waals surface area contributed by atoms with E-state index in [1.165, 1.54) is 0 Å². The van der Waals surface area contributed by atoms with Crippen LogP contribution in [0.1, 0.15) is 5.69 Å². The molecular weight excluding hydrogens is 202 g/mol. The standard InChI is InChI=1S/C11H15N5/c1-15-4-6-16(7-5-15)11-10(13)3-2-9(8-12)14-11/h2-3H,4-7,13H2,1H3. The van der Waals surface area contributed by atoms with E-state index in [0.717, 1.165) is 32.0 Å². The average molecular weight is 217 g/mol. The number of likely N-dealkylation sites (N-methyl/N-ethyl adjacent to an activating group) is 1. The third-order valence-electron chi connectivity index (χ3n) is 2.82. The Kier molecular flexibility index (Phi) is 2.93. The second kappa shape index (κ2) is 4.37. The lowest BCUT2D eigenvalue weighted by atomic mass is 10.2. The summed E-state index contributed by atoms with van der Waals surface area (Å²) in [4.78, 5) is 8.66. The highest BCUT2D eigenvalue weighted by Crippen LogP contribution is 2.21. The van der Waals surface area contributed by atoms with Crippen LogP contribution in [0.25, 0.3) is 0 Å². The van der Waals surface area contributed by atoms with Gasteiger partial charge in [-0.05, 0) is 19.2 Å². The molecule has 2 heterocycles. The minimum absolute atomic E-state index is 0.420. The smallest absolute Gasteiger partial charge is 0.153 e. The Labute approximate surface area is 95.1 Å². The molecule has 0 aliphatic carbocycles. The van der Waals surface area contributed by atoms with Crippen molar-refractivity contribution in [3.05, 3.63) is 17.8 Å². The number of anilines is 2. The molecule has 0 aromatic carbocycles. The monoisotopic (exact) mass is 217 g/mol. The Hall–Kier alpha value is -1.80. The van der Waals surface area contributed by atoms with Crippen molar-refractivity contribution in [1.82, 2.24) is 9.88 Å². The van der Waals surface area contributed by atoms with Gasteiger partial charge in [-0.1, -0.05) is 0 Å². The van der Waals surface area contributed by atoms with Crippen LogP contribution in [0, 0.1) is 11.3 Å². The molecule has 0 atom stereocenters. The number of nitriles is 1. The predicted molar refractivity (Wildman–Crippen MR) is 63.1 cm³/mol. The van der Waals surface area contributed by atoms with Crippen molar-refractivity contribution in [2.24, 2.45) is 0 Å². The Balaban J connectivity index is 2.23. The van der Waals surface area contributed by atoms with Gasteiger partial charge in [-0.15, -0.1) is 0 Å². The second-order valence-electron chi connectivity index (χ2n) is 4.01. The molecule has 2 rings (SSSR count). The Bertz CT molecular complexity index is 415. The van der Waals surface area contributed by atoms with Crippen molar-refractivity contribution in [1.29, 1.82) is 5.26 Å². The summed E-state index contributed by atoms with van der Waals surface area (Å²) >= 11 is 0. The number of aromatic nitrogens is 1. The molecule has 1 aromatic rings. The van der Waals surface area contributed by atoms with Crippen molar-refractivity contribution < 1.29 is 0 Å². The minimum Gasteiger partial charge on any atom is -0.396 e. The third kappa shape index (κ3) is 2.07. The van der Waals surface area contributed by atoms with Crippen molar-refractivity contribution >= 4 is 11.5 Å². The molecule has 1 aliphatic heterocycles. The van der Waals surface area contributed by atoms with Gasteiger partial charge in [0.05, 0.1) is 5.69 Å². The van der Waals surface area contributed by atoms with Crippen LogP contribution in [0.2, 0.25) is 0 Å². The number of pyridine rings is 1. The van der Waals surface area contributed by atoms with E-state index in [-0.39, 0.29) is 0 Å². The van der Waals surface area contributed by atoms with Crippen LogP contribution in [-0.2, 0) is 0 Å². The van der Waals surface area contributed by atoms with Crippen LogP contribution >= 0.6 is 0 Å². The lowest BCUT2D eigenvalue weighted by Gasteiger charge is -2.33. The molecule has 5 heteroatoms. The van der Waals surface area contributed by atoms with Gasteiger partial charge in [0.2, 0.25) is 0 Å². The Morgan fingerprint density at radius 1 is 1.31 bits per heavy atom. The summed E-state index contributed by atoms with van der Waals surface area (Å²) in [7, 11) is 2.10. The quantitative estimate of drug-likeness (QED) is 0.732. The molecule has 0 bridgehead atoms. The zero-order chi connectivity index (χ0) is 11.5. The SMILES string of the molecule is CN1CCN(c2nc(C#N)ccc2N)CC1. The predicted octanol–water partition coefficient (Wildman–Crippen LogP) is 0.287. The zero-order valence-corrected chi connectivity index (χ0v) is 9.35. The zero-order valence-electron chi connectivity index (χ0n) is 9.35. The molecule has 0 radical (unpaired) electrons. The maximum atomic E-state index is 8.81. The molecule has 5 nitrogen and oxygen atoms in total. The number of nitrogen functional groups attached to an aromatic ring is 1. The lowest BCUT2D eigenvalue weighted by molar-refractivity contribution is 0.312. The largest absolute Gasteiger partial charge is 0.396 e. The van der Waals surface area contributed by atoms with Crippen molar-refractivity contribution in [2.45, 2.75) is 0 Å². The summed E-state index contributed by atoms with van der Waals surface area (Å²) in [5.74, 6) is 0.743. The second-order valence-corrected chi connectivity index (χ2v) is 4.01. The molecular formula is C11H15N5. The van der Waals surface area contributed by atoms with Gasteiger partial charge in [-0.2, -0.15) is 5.26 Å². The fourth-order valence-electron chi connectivity index (χ4n) is 1.79. The van der Waals surface area contributed by atoms with Crippen LogP contribution in [-0.4, -0.2) is 43.1 Å². The summed E-state index contributed by atoms with van der Waals surface area (Å²) < 4.78 is 0. The van der Waals surface area contributed by atoms with Crippen LogP contribution in [0.5, 0.6) is 0 Å². The first-order chi connectivity index (χ1) is 7.70. The lowest BCUT2D eigenvalue weighted by Crippen LogP contribution is -2.45. The van der Waals surface area contributed by atoms with Gasteiger partial charge < -0.3 is 15.5 Å². The van der Waals surface area contributed by atoms with Gasteiger partial charge in [-0.25, -0.2) is 4.98 Å². The molecule has 1 aliphatic rings. The van der Waals surface area contributed by atoms with Crippen LogP contribution in [0.15, 0.2) is 12.1 Å². The van der Waals surface area contributed by atoms with Gasteiger partial charge in [0.25, 0.3) is 0 Å². The number of rotatable bonds is 1. The molecule has 84 valence electrons. The van der Waals surface area contributed by atoms with E-state index in [1.807, 2.05) is 6.07 Å². The van der Waals surface area contributed by atoms with Crippen LogP contribution < -0.4 is 10.6 Å². The van der Waals surface area contributed by atoms with Crippen LogP contribution in [0.4, 0.5) is 11.5 Å². The van der Waals surface area contributed by atoms with E-state index >= 15 is 0 Å². The third-order valence-corrected chi connectivity index (χ3v) is 2.82. The molecule has 0 unspecified atom stereocenters. The van der Waals surface area contributed by atoms with Gasteiger partial charge in [0, 0.05) is 26.2 Å². The first-order valence-corrected chi connectivity index (χ1v) is 5.31. The van der Waals surface area contributed by atoms with E-state index in [0.29, 0.717) is 11.4 Å². The molecule has 0 amide bonds. The van der Waals surface area contributed by atoms with E-state index in [2.05, 4.69) is 21.8 Å². The van der Waals surface area contributed by atoms with E-state index in [1.54, 1.807) is 12.1 Å².